The zero-order valence-corrected chi connectivity index (χ0v) is 17.3. The molecule has 0 fully saturated rings. The molecule has 0 aromatic heterocycles. The highest BCUT2D eigenvalue weighted by Crippen LogP contribution is 2.25. The Morgan fingerprint density at radius 2 is 1.40 bits per heavy atom. The van der Waals surface area contributed by atoms with Crippen LogP contribution in [0.25, 0.3) is 0 Å². The fraction of sp³-hybridized carbons (Fsp3) is 0.923. The van der Waals surface area contributed by atoms with E-state index in [4.69, 9.17) is 13.0 Å². The first-order valence-electron chi connectivity index (χ1n) is 7.32. The van der Waals surface area contributed by atoms with Crippen LogP contribution < -0.4 is 0 Å². The molecule has 0 aromatic rings. The lowest BCUT2D eigenvalue weighted by molar-refractivity contribution is 0.0446. The first-order valence-corrected chi connectivity index (χ1v) is 16.7. The summed E-state index contributed by atoms with van der Waals surface area (Å²) in [7, 11) is -5.77. The summed E-state index contributed by atoms with van der Waals surface area (Å²) in [5, 5.41) is 10.2. The van der Waals surface area contributed by atoms with E-state index in [1.54, 1.807) is 0 Å². The van der Waals surface area contributed by atoms with Crippen LogP contribution in [0.5, 0.6) is 0 Å². The number of hydrogen-bond acceptors (Lipinski definition) is 4. The average Bonchev–Trinajstić information content (AvgIpc) is 2.09. The van der Waals surface area contributed by atoms with E-state index in [9.17, 15) is 5.11 Å². The van der Waals surface area contributed by atoms with E-state index in [-0.39, 0.29) is 0 Å². The third-order valence-corrected chi connectivity index (χ3v) is 11.8. The highest BCUT2D eigenvalue weighted by atomic mass is 28.5. The molecule has 0 saturated heterocycles. The second kappa shape index (κ2) is 8.21. The second-order valence-corrected chi connectivity index (χ2v) is 20.1. The van der Waals surface area contributed by atoms with Crippen LogP contribution in [0.2, 0.25) is 51.9 Å². The predicted octanol–water partition coefficient (Wildman–Crippen LogP) is 3.36. The molecule has 1 radical (unpaired) electrons. The van der Waals surface area contributed by atoms with Gasteiger partial charge in [-0.25, -0.2) is 0 Å². The van der Waals surface area contributed by atoms with Crippen molar-refractivity contribution < 1.29 is 18.1 Å². The number of aliphatic hydroxyl groups is 1. The highest BCUT2D eigenvalue weighted by molar-refractivity contribution is 6.87. The van der Waals surface area contributed by atoms with Crippen molar-refractivity contribution in [1.29, 1.82) is 0 Å². The molecule has 0 aliphatic carbocycles. The summed E-state index contributed by atoms with van der Waals surface area (Å²) in [6.45, 7) is 19.7. The lowest BCUT2D eigenvalue weighted by Gasteiger charge is -2.39. The summed E-state index contributed by atoms with van der Waals surface area (Å²) in [5.41, 5.74) is 0. The third kappa shape index (κ3) is 11.2. The lowest BCUT2D eigenvalue weighted by atomic mass is 10.4. The second-order valence-electron chi connectivity index (χ2n) is 7.35. The third-order valence-electron chi connectivity index (χ3n) is 2.25. The first-order chi connectivity index (χ1) is 8.87. The van der Waals surface area contributed by atoms with Crippen molar-refractivity contribution in [2.24, 2.45) is 0 Å². The zero-order valence-electron chi connectivity index (χ0n) is 14.3. The molecule has 0 spiro atoms. The lowest BCUT2D eigenvalue weighted by Crippen LogP contribution is -2.54. The minimum atomic E-state index is -2.37. The van der Waals surface area contributed by atoms with E-state index in [1.807, 2.05) is 0 Å². The summed E-state index contributed by atoms with van der Waals surface area (Å²) < 4.78 is 18.1. The molecule has 0 bridgehead atoms. The van der Waals surface area contributed by atoms with E-state index < -0.39 is 31.3 Å². The quantitative estimate of drug-likeness (QED) is 0.490. The van der Waals surface area contributed by atoms with Crippen LogP contribution in [0, 0.1) is 6.92 Å². The van der Waals surface area contributed by atoms with Crippen LogP contribution in [0.15, 0.2) is 0 Å². The van der Waals surface area contributed by atoms with Crippen molar-refractivity contribution in [2.75, 3.05) is 13.2 Å². The molecule has 0 aromatic carbocycles. The Kier molecular flexibility index (Phi) is 8.41. The molecule has 1 unspecified atom stereocenters. The highest BCUT2D eigenvalue weighted by Gasteiger charge is 2.41. The Labute approximate surface area is 128 Å². The molecule has 1 N–H and O–H groups in total. The Hall–Kier alpha value is 0.491. The van der Waals surface area contributed by atoms with Crippen molar-refractivity contribution in [3.63, 3.8) is 0 Å². The van der Waals surface area contributed by atoms with Gasteiger partial charge in [0, 0.05) is 12.7 Å². The first kappa shape index (κ1) is 20.5. The minimum Gasteiger partial charge on any atom is -0.437 e. The fourth-order valence-corrected chi connectivity index (χ4v) is 14.8. The Bertz CT molecular complexity index is 258. The van der Waals surface area contributed by atoms with Crippen molar-refractivity contribution in [3.8, 4) is 0 Å². The molecule has 0 rings (SSSR count). The maximum Gasteiger partial charge on any atom is 0.317 e. The maximum absolute atomic E-state index is 10.2. The SMILES string of the molecule is [CH2]CCOCC(O)C[Si](C)(O[Si](C)(C)C)O[Si](C)(C)C. The summed E-state index contributed by atoms with van der Waals surface area (Å²) in [6.07, 6.45) is 0.198. The molecule has 20 heavy (non-hydrogen) atoms. The van der Waals surface area contributed by atoms with Gasteiger partial charge < -0.3 is 18.1 Å². The van der Waals surface area contributed by atoms with E-state index in [0.29, 0.717) is 19.3 Å². The maximum atomic E-state index is 10.2. The Morgan fingerprint density at radius 3 is 1.75 bits per heavy atom. The predicted molar refractivity (Wildman–Crippen MR) is 92.1 cm³/mol. The van der Waals surface area contributed by atoms with Gasteiger partial charge in [0.1, 0.15) is 0 Å². The van der Waals surface area contributed by atoms with Crippen molar-refractivity contribution >= 4 is 25.2 Å². The standard InChI is InChI=1S/C13H33O4Si3/c1-9-10-15-11-13(14)12-20(8,16-18(2,3)4)17-19(5,6)7/h13-14H,1,9-12H2,2-8H3. The van der Waals surface area contributed by atoms with Crippen LogP contribution in [0.3, 0.4) is 0 Å². The van der Waals surface area contributed by atoms with Gasteiger partial charge in [0.15, 0.2) is 16.6 Å². The van der Waals surface area contributed by atoms with Crippen molar-refractivity contribution in [2.45, 2.75) is 64.4 Å². The number of aliphatic hydroxyl groups excluding tert-OH is 1. The largest absolute Gasteiger partial charge is 0.437 e. The summed E-state index contributed by atoms with van der Waals surface area (Å²) in [6, 6.07) is 0.568. The van der Waals surface area contributed by atoms with Gasteiger partial charge in [-0.2, -0.15) is 0 Å². The van der Waals surface area contributed by atoms with Gasteiger partial charge in [-0.15, -0.1) is 0 Å². The molecule has 0 aliphatic heterocycles. The van der Waals surface area contributed by atoms with Gasteiger partial charge in [-0.05, 0) is 52.2 Å². The molecule has 1 atom stereocenters. The average molecular weight is 338 g/mol. The minimum absolute atomic E-state index is 0.336. The molecule has 0 amide bonds. The monoisotopic (exact) mass is 337 g/mol. The van der Waals surface area contributed by atoms with E-state index in [1.165, 1.54) is 0 Å². The van der Waals surface area contributed by atoms with E-state index in [2.05, 4.69) is 52.8 Å². The normalized spacial score (nSPS) is 15.4. The molecule has 4 nitrogen and oxygen atoms in total. The van der Waals surface area contributed by atoms with E-state index in [0.717, 1.165) is 6.42 Å². The number of ether oxygens (including phenoxy) is 1. The van der Waals surface area contributed by atoms with Crippen molar-refractivity contribution in [3.05, 3.63) is 6.92 Å². The fourth-order valence-electron chi connectivity index (χ4n) is 2.21. The van der Waals surface area contributed by atoms with Crippen LogP contribution >= 0.6 is 0 Å². The van der Waals surface area contributed by atoms with Crippen LogP contribution in [-0.2, 0) is 13.0 Å². The van der Waals surface area contributed by atoms with Gasteiger partial charge >= 0.3 is 8.56 Å². The van der Waals surface area contributed by atoms with Gasteiger partial charge in [0.25, 0.3) is 0 Å². The molecule has 0 saturated carbocycles. The van der Waals surface area contributed by atoms with Gasteiger partial charge in [0.2, 0.25) is 0 Å². The van der Waals surface area contributed by atoms with Crippen LogP contribution in [0.4, 0.5) is 0 Å². The van der Waals surface area contributed by atoms with Gasteiger partial charge in [0.05, 0.1) is 12.7 Å². The van der Waals surface area contributed by atoms with Crippen molar-refractivity contribution in [1.82, 2.24) is 0 Å². The zero-order chi connectivity index (χ0) is 16.0. The molecular formula is C13H33O4Si3. The molecule has 7 heteroatoms. The Morgan fingerprint density at radius 1 is 0.950 bits per heavy atom. The number of hydrogen-bond donors (Lipinski definition) is 1. The summed E-state index contributed by atoms with van der Waals surface area (Å²) >= 11 is 0. The van der Waals surface area contributed by atoms with Gasteiger partial charge in [-0.3, -0.25) is 0 Å². The topological polar surface area (TPSA) is 47.9 Å². The summed E-state index contributed by atoms with van der Waals surface area (Å²) in [5.74, 6) is 0. The summed E-state index contributed by atoms with van der Waals surface area (Å²) in [4.78, 5) is 0. The smallest absolute Gasteiger partial charge is 0.317 e. The molecule has 0 aliphatic rings. The molecule has 121 valence electrons. The Balaban J connectivity index is 4.68. The van der Waals surface area contributed by atoms with Crippen LogP contribution in [0.1, 0.15) is 6.42 Å². The van der Waals surface area contributed by atoms with E-state index >= 15 is 0 Å². The van der Waals surface area contributed by atoms with Crippen LogP contribution in [-0.4, -0.2) is 49.6 Å². The van der Waals surface area contributed by atoms with Gasteiger partial charge in [-0.1, -0.05) is 6.92 Å². The number of rotatable bonds is 10. The molecular weight excluding hydrogens is 304 g/mol. The molecule has 0 heterocycles.